The molecule has 0 bridgehead atoms. The number of ketones is 1. The molecule has 0 N–H and O–H groups in total. The molecule has 1 saturated carbocycles. The molecule has 0 amide bonds. The van der Waals surface area contributed by atoms with Crippen molar-refractivity contribution < 1.29 is 9.53 Å². The van der Waals surface area contributed by atoms with Crippen molar-refractivity contribution in [1.82, 2.24) is 4.90 Å². The Morgan fingerprint density at radius 2 is 1.71 bits per heavy atom. The van der Waals surface area contributed by atoms with Crippen molar-refractivity contribution in [3.63, 3.8) is 0 Å². The third-order valence-corrected chi connectivity index (χ3v) is 4.59. The van der Waals surface area contributed by atoms with Crippen LogP contribution < -0.4 is 0 Å². The Morgan fingerprint density at radius 3 is 2.24 bits per heavy atom. The Balaban J connectivity index is 2.11. The summed E-state index contributed by atoms with van der Waals surface area (Å²) in [7, 11) is 4.14. The van der Waals surface area contributed by atoms with E-state index in [2.05, 4.69) is 19.0 Å². The number of Topliss-reactive ketones (excluding diaryl/α,β-unsaturated/α-hetero) is 1. The highest BCUT2D eigenvalue weighted by Gasteiger charge is 2.44. The van der Waals surface area contributed by atoms with Crippen LogP contribution in [0.3, 0.4) is 0 Å². The van der Waals surface area contributed by atoms with Crippen LogP contribution in [0.25, 0.3) is 0 Å². The minimum absolute atomic E-state index is 0.166. The second kappa shape index (κ2) is 5.49. The number of carbonyl (C=O) groups is 1. The Hall–Kier alpha value is -0.410. The summed E-state index contributed by atoms with van der Waals surface area (Å²) >= 11 is 0. The van der Waals surface area contributed by atoms with Gasteiger partial charge in [-0.05, 0) is 39.8 Å². The first kappa shape index (κ1) is 13.0. The quantitative estimate of drug-likeness (QED) is 0.756. The summed E-state index contributed by atoms with van der Waals surface area (Å²) in [4.78, 5) is 15.0. The lowest BCUT2D eigenvalue weighted by Crippen LogP contribution is -2.55. The van der Waals surface area contributed by atoms with E-state index in [-0.39, 0.29) is 11.5 Å². The summed E-state index contributed by atoms with van der Waals surface area (Å²) < 4.78 is 5.36. The average Bonchev–Trinajstić information content (AvgIpc) is 2.39. The second-order valence-corrected chi connectivity index (χ2v) is 5.74. The third-order valence-electron chi connectivity index (χ3n) is 4.59. The van der Waals surface area contributed by atoms with E-state index in [1.807, 2.05) is 0 Å². The summed E-state index contributed by atoms with van der Waals surface area (Å²) in [6.45, 7) is 1.53. The van der Waals surface area contributed by atoms with E-state index < -0.39 is 0 Å². The van der Waals surface area contributed by atoms with Crippen molar-refractivity contribution in [3.05, 3.63) is 0 Å². The van der Waals surface area contributed by atoms with E-state index in [1.165, 1.54) is 19.3 Å². The zero-order valence-corrected chi connectivity index (χ0v) is 11.2. The largest absolute Gasteiger partial charge is 0.381 e. The first-order chi connectivity index (χ1) is 8.17. The highest BCUT2D eigenvalue weighted by atomic mass is 16.5. The topological polar surface area (TPSA) is 29.5 Å². The Bertz CT molecular complexity index is 263. The zero-order valence-electron chi connectivity index (χ0n) is 11.2. The lowest BCUT2D eigenvalue weighted by Gasteiger charge is -2.44. The molecule has 98 valence electrons. The number of rotatable bonds is 3. The van der Waals surface area contributed by atoms with Gasteiger partial charge in [-0.15, -0.1) is 0 Å². The van der Waals surface area contributed by atoms with Crippen LogP contribution in [-0.2, 0) is 9.53 Å². The molecule has 0 unspecified atom stereocenters. The fourth-order valence-corrected chi connectivity index (χ4v) is 3.39. The van der Waals surface area contributed by atoms with Crippen molar-refractivity contribution in [2.24, 2.45) is 5.92 Å². The highest BCUT2D eigenvalue weighted by Crippen LogP contribution is 2.36. The van der Waals surface area contributed by atoms with Crippen LogP contribution in [-0.4, -0.2) is 43.5 Å². The van der Waals surface area contributed by atoms with E-state index in [1.54, 1.807) is 0 Å². The second-order valence-electron chi connectivity index (χ2n) is 5.74. The molecule has 2 fully saturated rings. The number of hydrogen-bond acceptors (Lipinski definition) is 3. The molecular weight excluding hydrogens is 214 g/mol. The first-order valence-electron chi connectivity index (χ1n) is 6.96. The normalized spacial score (nSPS) is 26.1. The predicted octanol–water partition coefficient (Wildman–Crippen LogP) is 2.25. The summed E-state index contributed by atoms with van der Waals surface area (Å²) in [5, 5.41) is 0. The van der Waals surface area contributed by atoms with Crippen LogP contribution in [0.15, 0.2) is 0 Å². The predicted molar refractivity (Wildman–Crippen MR) is 68.1 cm³/mol. The standard InChI is InChI=1S/C14H25NO2/c1-15(2)14(8-4-3-5-9-14)13(16)12-6-10-17-11-7-12/h12H,3-11H2,1-2H3. The molecular formula is C14H25NO2. The van der Waals surface area contributed by atoms with Crippen LogP contribution in [0.5, 0.6) is 0 Å². The Morgan fingerprint density at radius 1 is 1.12 bits per heavy atom. The van der Waals surface area contributed by atoms with Gasteiger partial charge in [-0.2, -0.15) is 0 Å². The molecule has 0 aromatic carbocycles. The van der Waals surface area contributed by atoms with Gasteiger partial charge < -0.3 is 4.74 Å². The molecule has 3 heteroatoms. The van der Waals surface area contributed by atoms with Gasteiger partial charge in [0, 0.05) is 19.1 Å². The maximum Gasteiger partial charge on any atom is 0.156 e. The monoisotopic (exact) mass is 239 g/mol. The van der Waals surface area contributed by atoms with Gasteiger partial charge in [0.2, 0.25) is 0 Å². The summed E-state index contributed by atoms with van der Waals surface area (Å²) in [6, 6.07) is 0. The molecule has 0 spiro atoms. The van der Waals surface area contributed by atoms with Crippen LogP contribution in [0.1, 0.15) is 44.9 Å². The van der Waals surface area contributed by atoms with Gasteiger partial charge in [-0.1, -0.05) is 19.3 Å². The van der Waals surface area contributed by atoms with E-state index in [4.69, 9.17) is 4.74 Å². The smallest absolute Gasteiger partial charge is 0.156 e. The van der Waals surface area contributed by atoms with Gasteiger partial charge in [-0.25, -0.2) is 0 Å². The van der Waals surface area contributed by atoms with Gasteiger partial charge >= 0.3 is 0 Å². The molecule has 0 aromatic rings. The maximum atomic E-state index is 12.8. The number of likely N-dealkylation sites (N-methyl/N-ethyl adjacent to an activating group) is 1. The summed E-state index contributed by atoms with van der Waals surface area (Å²) in [5.41, 5.74) is -0.166. The SMILES string of the molecule is CN(C)C1(C(=O)C2CCOCC2)CCCCC1. The Kier molecular flexibility index (Phi) is 4.21. The lowest BCUT2D eigenvalue weighted by atomic mass is 9.72. The fourth-order valence-electron chi connectivity index (χ4n) is 3.39. The van der Waals surface area contributed by atoms with Crippen molar-refractivity contribution >= 4 is 5.78 Å². The van der Waals surface area contributed by atoms with Crippen molar-refractivity contribution in [1.29, 1.82) is 0 Å². The molecule has 0 radical (unpaired) electrons. The summed E-state index contributed by atoms with van der Waals surface area (Å²) in [6.07, 6.45) is 7.64. The van der Waals surface area contributed by atoms with Crippen LogP contribution in [0.2, 0.25) is 0 Å². The van der Waals surface area contributed by atoms with E-state index >= 15 is 0 Å². The minimum Gasteiger partial charge on any atom is -0.381 e. The first-order valence-corrected chi connectivity index (χ1v) is 6.96. The summed E-state index contributed by atoms with van der Waals surface area (Å²) in [5.74, 6) is 0.731. The van der Waals surface area contributed by atoms with E-state index in [0.717, 1.165) is 38.9 Å². The zero-order chi connectivity index (χ0) is 12.3. The molecule has 2 aliphatic rings. The van der Waals surface area contributed by atoms with E-state index in [9.17, 15) is 4.79 Å². The van der Waals surface area contributed by atoms with Crippen LogP contribution >= 0.6 is 0 Å². The maximum absolute atomic E-state index is 12.8. The van der Waals surface area contributed by atoms with Crippen molar-refractivity contribution in [2.75, 3.05) is 27.3 Å². The molecule has 2 rings (SSSR count). The average molecular weight is 239 g/mol. The number of hydrogen-bond donors (Lipinski definition) is 0. The van der Waals surface area contributed by atoms with Crippen LogP contribution in [0.4, 0.5) is 0 Å². The van der Waals surface area contributed by atoms with Gasteiger partial charge in [-0.3, -0.25) is 9.69 Å². The molecule has 17 heavy (non-hydrogen) atoms. The van der Waals surface area contributed by atoms with Gasteiger partial charge in [0.15, 0.2) is 5.78 Å². The molecule has 1 heterocycles. The van der Waals surface area contributed by atoms with Gasteiger partial charge in [0.1, 0.15) is 0 Å². The van der Waals surface area contributed by atoms with Crippen molar-refractivity contribution in [2.45, 2.75) is 50.5 Å². The Labute approximate surface area is 105 Å². The lowest BCUT2D eigenvalue weighted by molar-refractivity contribution is -0.139. The van der Waals surface area contributed by atoms with Crippen molar-refractivity contribution in [3.8, 4) is 0 Å². The molecule has 0 aromatic heterocycles. The highest BCUT2D eigenvalue weighted by molar-refractivity contribution is 5.90. The van der Waals surface area contributed by atoms with Crippen LogP contribution in [0, 0.1) is 5.92 Å². The molecule has 1 saturated heterocycles. The number of nitrogens with zero attached hydrogens (tertiary/aromatic N) is 1. The molecule has 0 atom stereocenters. The van der Waals surface area contributed by atoms with Gasteiger partial charge in [0.05, 0.1) is 5.54 Å². The fraction of sp³-hybridized carbons (Fsp3) is 0.929. The number of ether oxygens (including phenoxy) is 1. The van der Waals surface area contributed by atoms with Gasteiger partial charge in [0.25, 0.3) is 0 Å². The molecule has 1 aliphatic heterocycles. The molecule has 3 nitrogen and oxygen atoms in total. The number of carbonyl (C=O) groups excluding carboxylic acids is 1. The minimum atomic E-state index is -0.166. The third kappa shape index (κ3) is 2.55. The van der Waals surface area contributed by atoms with E-state index in [0.29, 0.717) is 5.78 Å². The molecule has 1 aliphatic carbocycles.